The Hall–Kier alpha value is -2.36. The van der Waals surface area contributed by atoms with Crippen molar-refractivity contribution in [2.45, 2.75) is 0 Å². The number of benzene rings is 2. The minimum atomic E-state index is -0.496. The van der Waals surface area contributed by atoms with Crippen molar-refractivity contribution in [1.82, 2.24) is 0 Å². The summed E-state index contributed by atoms with van der Waals surface area (Å²) in [6, 6.07) is 11.8. The summed E-state index contributed by atoms with van der Waals surface area (Å²) < 4.78 is 22.7. The Balaban J connectivity index is 2.09. The lowest BCUT2D eigenvalue weighted by atomic mass is 10.2. The van der Waals surface area contributed by atoms with Crippen molar-refractivity contribution in [2.24, 2.45) is 0 Å². The zero-order chi connectivity index (χ0) is 13.0. The van der Waals surface area contributed by atoms with Gasteiger partial charge in [0.25, 0.3) is 0 Å². The number of hydrogen-bond donors (Lipinski definition) is 0. The Bertz CT molecular complexity index is 532. The predicted octanol–water partition coefficient (Wildman–Crippen LogP) is 3.05. The van der Waals surface area contributed by atoms with E-state index in [9.17, 15) is 9.18 Å². The quantitative estimate of drug-likeness (QED) is 0.616. The van der Waals surface area contributed by atoms with E-state index in [2.05, 4.69) is 0 Å². The van der Waals surface area contributed by atoms with Crippen molar-refractivity contribution in [1.29, 1.82) is 0 Å². The van der Waals surface area contributed by atoms with Crippen LogP contribution in [-0.2, 0) is 0 Å². The lowest BCUT2D eigenvalue weighted by molar-refractivity contribution is 0.0734. The van der Waals surface area contributed by atoms with E-state index < -0.39 is 5.97 Å². The number of carbonyl (C=O) groups excluding carboxylic acids is 1. The maximum atomic E-state index is 12.7. The predicted molar refractivity (Wildman–Crippen MR) is 64.4 cm³/mol. The van der Waals surface area contributed by atoms with Crippen molar-refractivity contribution in [3.05, 3.63) is 59.9 Å². The van der Waals surface area contributed by atoms with Gasteiger partial charge in [0.05, 0.1) is 12.7 Å². The highest BCUT2D eigenvalue weighted by Gasteiger charge is 2.08. The zero-order valence-corrected chi connectivity index (χ0v) is 9.72. The third-order valence-corrected chi connectivity index (χ3v) is 2.35. The largest absolute Gasteiger partial charge is 0.497 e. The third kappa shape index (κ3) is 2.85. The molecule has 2 aromatic rings. The number of halogens is 1. The van der Waals surface area contributed by atoms with Gasteiger partial charge in [0.15, 0.2) is 0 Å². The normalized spacial score (nSPS) is 9.89. The highest BCUT2D eigenvalue weighted by molar-refractivity contribution is 5.91. The van der Waals surface area contributed by atoms with Gasteiger partial charge < -0.3 is 9.47 Å². The summed E-state index contributed by atoms with van der Waals surface area (Å²) in [6.07, 6.45) is 0. The maximum absolute atomic E-state index is 12.7. The summed E-state index contributed by atoms with van der Waals surface area (Å²) >= 11 is 0. The molecular formula is C14H11FO3. The standard InChI is InChI=1S/C14H11FO3/c1-17-12-6-2-10(3-7-12)14(16)18-13-8-4-11(15)5-9-13/h2-9H,1H3. The summed E-state index contributed by atoms with van der Waals surface area (Å²) in [5, 5.41) is 0. The Morgan fingerprint density at radius 3 is 2.06 bits per heavy atom. The lowest BCUT2D eigenvalue weighted by Crippen LogP contribution is -2.08. The van der Waals surface area contributed by atoms with Crippen LogP contribution in [0.4, 0.5) is 4.39 Å². The van der Waals surface area contributed by atoms with E-state index >= 15 is 0 Å². The van der Waals surface area contributed by atoms with E-state index in [0.29, 0.717) is 17.1 Å². The van der Waals surface area contributed by atoms with E-state index in [1.807, 2.05) is 0 Å². The van der Waals surface area contributed by atoms with Crippen molar-refractivity contribution in [3.8, 4) is 11.5 Å². The first-order chi connectivity index (χ1) is 8.69. The average Bonchev–Trinajstić information content (AvgIpc) is 2.41. The Morgan fingerprint density at radius 1 is 0.944 bits per heavy atom. The second-order valence-electron chi connectivity index (χ2n) is 3.57. The van der Waals surface area contributed by atoms with Crippen molar-refractivity contribution >= 4 is 5.97 Å². The van der Waals surface area contributed by atoms with Gasteiger partial charge in [0.2, 0.25) is 0 Å². The minimum absolute atomic E-state index is 0.303. The topological polar surface area (TPSA) is 35.5 Å². The summed E-state index contributed by atoms with van der Waals surface area (Å²) in [5.41, 5.74) is 0.403. The number of rotatable bonds is 3. The Labute approximate surface area is 104 Å². The number of methoxy groups -OCH3 is 1. The first-order valence-electron chi connectivity index (χ1n) is 5.31. The molecule has 0 fully saturated rings. The van der Waals surface area contributed by atoms with Gasteiger partial charge in [-0.1, -0.05) is 0 Å². The molecule has 3 nitrogen and oxygen atoms in total. The first-order valence-corrected chi connectivity index (χ1v) is 5.31. The van der Waals surface area contributed by atoms with Crippen molar-refractivity contribution < 1.29 is 18.7 Å². The molecule has 0 atom stereocenters. The first kappa shape index (κ1) is 12.1. The Morgan fingerprint density at radius 2 is 1.50 bits per heavy atom. The molecular weight excluding hydrogens is 235 g/mol. The van der Waals surface area contributed by atoms with Gasteiger partial charge >= 0.3 is 5.97 Å². The van der Waals surface area contributed by atoms with E-state index in [1.165, 1.54) is 24.3 Å². The highest BCUT2D eigenvalue weighted by Crippen LogP contribution is 2.15. The highest BCUT2D eigenvalue weighted by atomic mass is 19.1. The molecule has 2 aromatic carbocycles. The van der Waals surface area contributed by atoms with E-state index in [0.717, 1.165) is 0 Å². The molecule has 0 aliphatic heterocycles. The molecule has 92 valence electrons. The van der Waals surface area contributed by atoms with Gasteiger partial charge in [-0.15, -0.1) is 0 Å². The molecule has 0 radical (unpaired) electrons. The molecule has 4 heteroatoms. The van der Waals surface area contributed by atoms with E-state index in [1.54, 1.807) is 31.4 Å². The molecule has 0 spiro atoms. The molecule has 0 heterocycles. The third-order valence-electron chi connectivity index (χ3n) is 2.35. The molecule has 0 aromatic heterocycles. The van der Waals surface area contributed by atoms with Gasteiger partial charge in [-0.2, -0.15) is 0 Å². The molecule has 18 heavy (non-hydrogen) atoms. The van der Waals surface area contributed by atoms with E-state index in [-0.39, 0.29) is 5.82 Å². The van der Waals surface area contributed by atoms with E-state index in [4.69, 9.17) is 9.47 Å². The molecule has 0 N–H and O–H groups in total. The van der Waals surface area contributed by atoms with Crippen LogP contribution < -0.4 is 9.47 Å². The second kappa shape index (κ2) is 5.31. The maximum Gasteiger partial charge on any atom is 0.343 e. The molecule has 0 amide bonds. The average molecular weight is 246 g/mol. The van der Waals surface area contributed by atoms with Gasteiger partial charge in [-0.3, -0.25) is 0 Å². The van der Waals surface area contributed by atoms with Gasteiger partial charge in [-0.25, -0.2) is 9.18 Å². The van der Waals surface area contributed by atoms with Crippen molar-refractivity contribution in [3.63, 3.8) is 0 Å². The van der Waals surface area contributed by atoms with Crippen LogP contribution >= 0.6 is 0 Å². The monoisotopic (exact) mass is 246 g/mol. The van der Waals surface area contributed by atoms with Crippen LogP contribution in [0.1, 0.15) is 10.4 Å². The molecule has 0 saturated heterocycles. The fourth-order valence-corrected chi connectivity index (χ4v) is 1.40. The van der Waals surface area contributed by atoms with Crippen LogP contribution in [0.25, 0.3) is 0 Å². The second-order valence-corrected chi connectivity index (χ2v) is 3.57. The van der Waals surface area contributed by atoms with Crippen LogP contribution in [-0.4, -0.2) is 13.1 Å². The van der Waals surface area contributed by atoms with Crippen LogP contribution in [0.15, 0.2) is 48.5 Å². The fourth-order valence-electron chi connectivity index (χ4n) is 1.40. The summed E-state index contributed by atoms with van der Waals surface area (Å²) in [5.74, 6) is 0.0917. The Kier molecular flexibility index (Phi) is 3.57. The SMILES string of the molecule is COc1ccc(C(=O)Oc2ccc(F)cc2)cc1. The van der Waals surface area contributed by atoms with Gasteiger partial charge in [0, 0.05) is 0 Å². The van der Waals surface area contributed by atoms with Crippen LogP contribution in [0.2, 0.25) is 0 Å². The number of esters is 1. The molecule has 2 rings (SSSR count). The number of ether oxygens (including phenoxy) is 2. The van der Waals surface area contributed by atoms with Gasteiger partial charge in [-0.05, 0) is 48.5 Å². The molecule has 0 unspecified atom stereocenters. The number of hydrogen-bond acceptors (Lipinski definition) is 3. The zero-order valence-electron chi connectivity index (χ0n) is 9.72. The van der Waals surface area contributed by atoms with Crippen LogP contribution in [0.5, 0.6) is 11.5 Å². The summed E-state index contributed by atoms with van der Waals surface area (Å²) in [6.45, 7) is 0. The molecule has 0 aliphatic carbocycles. The van der Waals surface area contributed by atoms with Gasteiger partial charge in [0.1, 0.15) is 17.3 Å². The fraction of sp³-hybridized carbons (Fsp3) is 0.0714. The lowest BCUT2D eigenvalue weighted by Gasteiger charge is -2.05. The van der Waals surface area contributed by atoms with Crippen molar-refractivity contribution in [2.75, 3.05) is 7.11 Å². The van der Waals surface area contributed by atoms with Crippen LogP contribution in [0.3, 0.4) is 0 Å². The summed E-state index contributed by atoms with van der Waals surface area (Å²) in [7, 11) is 1.55. The molecule has 0 saturated carbocycles. The molecule has 0 bridgehead atoms. The minimum Gasteiger partial charge on any atom is -0.497 e. The molecule has 0 aliphatic rings. The smallest absolute Gasteiger partial charge is 0.343 e. The summed E-state index contributed by atoms with van der Waals surface area (Å²) in [4.78, 5) is 11.7. The number of carbonyl (C=O) groups is 1. The van der Waals surface area contributed by atoms with Crippen LogP contribution in [0, 0.1) is 5.82 Å².